The molecule has 2 heterocycles. The van der Waals surface area contributed by atoms with Gasteiger partial charge in [0, 0.05) is 53.4 Å². The van der Waals surface area contributed by atoms with E-state index in [0.717, 1.165) is 44.9 Å². The van der Waals surface area contributed by atoms with Crippen molar-refractivity contribution in [2.75, 3.05) is 5.32 Å². The number of nitrogens with one attached hydrogen (secondary N) is 1. The summed E-state index contributed by atoms with van der Waals surface area (Å²) in [5, 5.41) is 4.85. The van der Waals surface area contributed by atoms with Gasteiger partial charge in [0.25, 0.3) is 0 Å². The van der Waals surface area contributed by atoms with E-state index >= 15 is 0 Å². The van der Waals surface area contributed by atoms with Gasteiger partial charge in [-0.1, -0.05) is 72.8 Å². The van der Waals surface area contributed by atoms with Gasteiger partial charge >= 0.3 is 6.18 Å². The van der Waals surface area contributed by atoms with Crippen LogP contribution in [0.3, 0.4) is 0 Å². The Balaban J connectivity index is 1.45. The number of nitrogens with zero attached hydrogens (tertiary/aromatic N) is 2. The van der Waals surface area contributed by atoms with Crippen LogP contribution in [-0.4, -0.2) is 15.5 Å². The van der Waals surface area contributed by atoms with E-state index in [1.165, 1.54) is 19.2 Å². The molecule has 6 aromatic rings. The predicted molar refractivity (Wildman–Crippen MR) is 153 cm³/mol. The van der Waals surface area contributed by atoms with Crippen molar-refractivity contribution >= 4 is 33.4 Å². The molecule has 0 saturated carbocycles. The minimum absolute atomic E-state index is 0.0688. The fraction of sp³-hybridized carbons (Fsp3) is 0.0909. The second kappa shape index (κ2) is 10.0. The lowest BCUT2D eigenvalue weighted by Crippen LogP contribution is -2.07. The van der Waals surface area contributed by atoms with Crippen molar-refractivity contribution < 1.29 is 18.0 Å². The maximum Gasteiger partial charge on any atom is 0.418 e. The van der Waals surface area contributed by atoms with E-state index in [-0.39, 0.29) is 11.4 Å². The summed E-state index contributed by atoms with van der Waals surface area (Å²) in [4.78, 5) is 16.4. The predicted octanol–water partition coefficient (Wildman–Crippen LogP) is 8.81. The highest BCUT2D eigenvalue weighted by Crippen LogP contribution is 2.42. The Morgan fingerprint density at radius 1 is 0.850 bits per heavy atom. The van der Waals surface area contributed by atoms with Gasteiger partial charge in [0.15, 0.2) is 0 Å². The van der Waals surface area contributed by atoms with Crippen LogP contribution < -0.4 is 5.32 Å². The van der Waals surface area contributed by atoms with Gasteiger partial charge < -0.3 is 5.32 Å². The maximum atomic E-state index is 13.9. The van der Waals surface area contributed by atoms with Gasteiger partial charge in [-0.25, -0.2) is 0 Å². The molecule has 198 valence electrons. The van der Waals surface area contributed by atoms with Crippen LogP contribution in [0, 0.1) is 0 Å². The summed E-state index contributed by atoms with van der Waals surface area (Å²) in [5.41, 5.74) is 4.81. The quantitative estimate of drug-likeness (QED) is 0.240. The Morgan fingerprint density at radius 2 is 1.55 bits per heavy atom. The van der Waals surface area contributed by atoms with Crippen LogP contribution in [-0.2, 0) is 12.7 Å². The minimum Gasteiger partial charge on any atom is -0.381 e. The van der Waals surface area contributed by atoms with Crippen molar-refractivity contribution in [3.05, 3.63) is 121 Å². The molecule has 0 unspecified atom stereocenters. The van der Waals surface area contributed by atoms with Crippen LogP contribution in [0.2, 0.25) is 0 Å². The fourth-order valence-electron chi connectivity index (χ4n) is 5.23. The zero-order valence-electron chi connectivity index (χ0n) is 21.5. The van der Waals surface area contributed by atoms with Gasteiger partial charge in [0.05, 0.1) is 16.6 Å². The molecule has 0 aliphatic carbocycles. The highest BCUT2D eigenvalue weighted by molar-refractivity contribution is 6.03. The van der Waals surface area contributed by atoms with Crippen molar-refractivity contribution in [3.63, 3.8) is 0 Å². The summed E-state index contributed by atoms with van der Waals surface area (Å²) >= 11 is 0. The Hall–Kier alpha value is -4.91. The van der Waals surface area contributed by atoms with E-state index in [4.69, 9.17) is 0 Å². The number of pyridine rings is 1. The smallest absolute Gasteiger partial charge is 0.381 e. The number of rotatable bonds is 5. The Kier molecular flexibility index (Phi) is 6.34. The lowest BCUT2D eigenvalue weighted by Gasteiger charge is -2.17. The Bertz CT molecular complexity index is 1870. The molecule has 0 amide bonds. The summed E-state index contributed by atoms with van der Waals surface area (Å²) < 4.78 is 43.3. The minimum atomic E-state index is -4.53. The largest absolute Gasteiger partial charge is 0.418 e. The lowest BCUT2D eigenvalue weighted by molar-refractivity contribution is -0.136. The average molecular weight is 536 g/mol. The molecule has 0 fully saturated rings. The number of para-hydroxylation sites is 2. The molecule has 6 rings (SSSR count). The normalized spacial score (nSPS) is 11.7. The summed E-state index contributed by atoms with van der Waals surface area (Å²) in [6, 6.07) is 29.1. The molecule has 4 aromatic carbocycles. The topological polar surface area (TPSA) is 46.9 Å². The second-order valence-corrected chi connectivity index (χ2v) is 9.61. The van der Waals surface area contributed by atoms with Crippen LogP contribution in [0.1, 0.15) is 22.8 Å². The van der Waals surface area contributed by atoms with Crippen molar-refractivity contribution in [2.24, 2.45) is 0 Å². The third-order valence-electron chi connectivity index (χ3n) is 7.06. The summed E-state index contributed by atoms with van der Waals surface area (Å²) in [6.45, 7) is 1.99. The molecule has 4 nitrogen and oxygen atoms in total. The number of fused-ring (bicyclic) bond motifs is 2. The van der Waals surface area contributed by atoms with Crippen LogP contribution in [0.5, 0.6) is 0 Å². The van der Waals surface area contributed by atoms with E-state index < -0.39 is 11.7 Å². The SMILES string of the molecule is CC(=O)n1cc(CNc2cccc(-c3c(-c4ccccc4)cnc4c(C(F)(F)F)cccc34)c2)c2ccccc21. The van der Waals surface area contributed by atoms with E-state index in [1.807, 2.05) is 85.1 Å². The summed E-state index contributed by atoms with van der Waals surface area (Å²) in [5.74, 6) is -0.0688. The Labute approximate surface area is 228 Å². The van der Waals surface area contributed by atoms with E-state index in [1.54, 1.807) is 10.6 Å². The second-order valence-electron chi connectivity index (χ2n) is 9.61. The third-order valence-corrected chi connectivity index (χ3v) is 7.06. The van der Waals surface area contributed by atoms with Crippen molar-refractivity contribution in [3.8, 4) is 22.3 Å². The molecule has 2 aromatic heterocycles. The van der Waals surface area contributed by atoms with Gasteiger partial charge in [0.2, 0.25) is 5.91 Å². The summed E-state index contributed by atoms with van der Waals surface area (Å²) in [7, 11) is 0. The third kappa shape index (κ3) is 4.60. The van der Waals surface area contributed by atoms with Gasteiger partial charge in [0.1, 0.15) is 0 Å². The molecule has 0 aliphatic rings. The number of carbonyl (C=O) groups is 1. The van der Waals surface area contributed by atoms with Crippen LogP contribution >= 0.6 is 0 Å². The highest BCUT2D eigenvalue weighted by Gasteiger charge is 2.33. The molecule has 0 spiro atoms. The maximum absolute atomic E-state index is 13.9. The number of carbonyl (C=O) groups excluding carboxylic acids is 1. The molecule has 0 aliphatic heterocycles. The molecular weight excluding hydrogens is 511 g/mol. The number of alkyl halides is 3. The first-order valence-corrected chi connectivity index (χ1v) is 12.8. The van der Waals surface area contributed by atoms with Crippen LogP contribution in [0.25, 0.3) is 44.1 Å². The lowest BCUT2D eigenvalue weighted by atomic mass is 9.91. The number of benzene rings is 4. The summed E-state index contributed by atoms with van der Waals surface area (Å²) in [6.07, 6.45) is -1.16. The van der Waals surface area contributed by atoms with Gasteiger partial charge in [-0.2, -0.15) is 13.2 Å². The number of anilines is 1. The van der Waals surface area contributed by atoms with Gasteiger partial charge in [-0.3, -0.25) is 14.3 Å². The number of halogens is 3. The molecule has 0 atom stereocenters. The molecule has 0 radical (unpaired) electrons. The molecule has 0 saturated heterocycles. The standard InChI is InChI=1S/C33H24F3N3O/c1-21(40)39-20-24(26-13-5-6-16-30(26)39)18-37-25-12-7-11-23(17-25)31-27-14-8-15-29(33(34,35)36)32(27)38-19-28(31)22-9-3-2-4-10-22/h2-17,19-20,37H,18H2,1H3. The fourth-order valence-corrected chi connectivity index (χ4v) is 5.23. The first kappa shape index (κ1) is 25.4. The average Bonchev–Trinajstić information content (AvgIpc) is 3.34. The molecule has 40 heavy (non-hydrogen) atoms. The molecule has 0 bridgehead atoms. The van der Waals surface area contributed by atoms with Gasteiger partial charge in [-0.15, -0.1) is 0 Å². The number of hydrogen-bond acceptors (Lipinski definition) is 3. The highest BCUT2D eigenvalue weighted by atomic mass is 19.4. The zero-order chi connectivity index (χ0) is 27.9. The van der Waals surface area contributed by atoms with Crippen molar-refractivity contribution in [1.29, 1.82) is 0 Å². The number of aromatic nitrogens is 2. The van der Waals surface area contributed by atoms with Crippen molar-refractivity contribution in [2.45, 2.75) is 19.6 Å². The van der Waals surface area contributed by atoms with E-state index in [9.17, 15) is 18.0 Å². The van der Waals surface area contributed by atoms with Crippen LogP contribution in [0.4, 0.5) is 18.9 Å². The molecule has 7 heteroatoms. The molecule has 1 N–H and O–H groups in total. The van der Waals surface area contributed by atoms with E-state index in [0.29, 0.717) is 17.5 Å². The number of hydrogen-bond donors (Lipinski definition) is 1. The monoisotopic (exact) mass is 535 g/mol. The zero-order valence-corrected chi connectivity index (χ0v) is 21.5. The van der Waals surface area contributed by atoms with Crippen molar-refractivity contribution in [1.82, 2.24) is 9.55 Å². The molecular formula is C33H24F3N3O. The van der Waals surface area contributed by atoms with Gasteiger partial charge in [-0.05, 0) is 41.0 Å². The Morgan fingerprint density at radius 3 is 2.33 bits per heavy atom. The van der Waals surface area contributed by atoms with E-state index in [2.05, 4.69) is 10.3 Å². The first-order valence-electron chi connectivity index (χ1n) is 12.8. The first-order chi connectivity index (χ1) is 19.3. The van der Waals surface area contributed by atoms with Crippen LogP contribution in [0.15, 0.2) is 109 Å².